The number of hydrogen-bond acceptors (Lipinski definition) is 2. The fraction of sp³-hybridized carbons (Fsp3) is 1.00. The fourth-order valence-corrected chi connectivity index (χ4v) is 7.24. The summed E-state index contributed by atoms with van der Waals surface area (Å²) in [6.07, 6.45) is -8.56. The number of hydrogen-bond donors (Lipinski definition) is 1. The van der Waals surface area contributed by atoms with Gasteiger partial charge in [-0.2, -0.15) is 26.3 Å². The number of halogens is 6. The Labute approximate surface area is 154 Å². The van der Waals surface area contributed by atoms with E-state index in [1.54, 1.807) is 0 Å². The number of rotatable bonds is 4. The van der Waals surface area contributed by atoms with Gasteiger partial charge in [0.25, 0.3) is 5.60 Å². The molecule has 4 bridgehead atoms. The number of aliphatic hydroxyl groups is 1. The van der Waals surface area contributed by atoms with Crippen molar-refractivity contribution in [3.8, 4) is 0 Å². The third kappa shape index (κ3) is 2.68. The molecule has 0 aromatic carbocycles. The summed E-state index contributed by atoms with van der Waals surface area (Å²) in [7, 11) is 0. The molecule has 0 saturated heterocycles. The Bertz CT molecular complexity index is 574. The number of ether oxygens (including phenoxy) is 1. The maximum atomic E-state index is 12.8. The Morgan fingerprint density at radius 3 is 1.93 bits per heavy atom. The van der Waals surface area contributed by atoms with Gasteiger partial charge in [-0.05, 0) is 72.5 Å². The summed E-state index contributed by atoms with van der Waals surface area (Å²) in [5.41, 5.74) is -4.81. The summed E-state index contributed by atoms with van der Waals surface area (Å²) in [6.45, 7) is 2.66. The molecule has 0 aliphatic heterocycles. The van der Waals surface area contributed by atoms with Crippen LogP contribution in [0.5, 0.6) is 0 Å². The molecule has 4 saturated carbocycles. The molecule has 0 aromatic heterocycles. The quantitative estimate of drug-likeness (QED) is 0.549. The van der Waals surface area contributed by atoms with E-state index in [0.717, 1.165) is 18.8 Å². The number of fused-ring (bicyclic) bond motifs is 9. The summed E-state index contributed by atoms with van der Waals surface area (Å²) in [4.78, 5) is 0. The molecule has 1 N–H and O–H groups in total. The van der Waals surface area contributed by atoms with Gasteiger partial charge in [0, 0.05) is 6.61 Å². The lowest BCUT2D eigenvalue weighted by Gasteiger charge is -2.43. The molecular weight excluding hydrogens is 374 g/mol. The minimum absolute atomic E-state index is 0.00354. The van der Waals surface area contributed by atoms with Gasteiger partial charge in [0.15, 0.2) is 0 Å². The second-order valence-electron chi connectivity index (χ2n) is 9.46. The minimum atomic E-state index is -5.82. The second-order valence-corrected chi connectivity index (χ2v) is 9.46. The minimum Gasteiger partial charge on any atom is -0.377 e. The first kappa shape index (κ1) is 19.8. The highest BCUT2D eigenvalue weighted by molar-refractivity contribution is 5.13. The first-order chi connectivity index (χ1) is 12.4. The van der Waals surface area contributed by atoms with Crippen LogP contribution in [0.3, 0.4) is 0 Å². The van der Waals surface area contributed by atoms with E-state index in [4.69, 9.17) is 4.74 Å². The molecule has 4 aliphatic rings. The third-order valence-corrected chi connectivity index (χ3v) is 8.56. The Morgan fingerprint density at radius 2 is 1.37 bits per heavy atom. The van der Waals surface area contributed by atoms with Gasteiger partial charge in [-0.15, -0.1) is 0 Å². The van der Waals surface area contributed by atoms with Crippen molar-refractivity contribution in [2.45, 2.75) is 51.1 Å². The maximum Gasteiger partial charge on any atom is 0.428 e. The lowest BCUT2D eigenvalue weighted by Crippen LogP contribution is -2.60. The second kappa shape index (κ2) is 6.00. The molecule has 9 atom stereocenters. The summed E-state index contributed by atoms with van der Waals surface area (Å²) in [5, 5.41) is 9.22. The molecule has 9 unspecified atom stereocenters. The van der Waals surface area contributed by atoms with Gasteiger partial charge >= 0.3 is 12.4 Å². The predicted octanol–water partition coefficient (Wildman–Crippen LogP) is 4.67. The largest absolute Gasteiger partial charge is 0.428 e. The van der Waals surface area contributed by atoms with Crippen LogP contribution in [0.1, 0.15) is 33.1 Å². The molecule has 0 spiro atoms. The third-order valence-electron chi connectivity index (χ3n) is 8.56. The molecule has 8 heteroatoms. The van der Waals surface area contributed by atoms with Gasteiger partial charge in [0.05, 0.1) is 6.61 Å². The SMILES string of the molecule is CC1C(C)C2CC1C1C3CC(COCC(O)(C(F)(F)F)C(F)(F)F)C(C3)C21. The molecule has 27 heavy (non-hydrogen) atoms. The zero-order valence-corrected chi connectivity index (χ0v) is 15.4. The summed E-state index contributed by atoms with van der Waals surface area (Å²) >= 11 is 0. The van der Waals surface area contributed by atoms with Gasteiger partial charge in [-0.3, -0.25) is 0 Å². The van der Waals surface area contributed by atoms with E-state index in [1.807, 2.05) is 0 Å². The van der Waals surface area contributed by atoms with Crippen LogP contribution in [-0.4, -0.2) is 36.3 Å². The van der Waals surface area contributed by atoms with E-state index in [-0.39, 0.29) is 12.5 Å². The van der Waals surface area contributed by atoms with Crippen LogP contribution in [-0.2, 0) is 4.74 Å². The van der Waals surface area contributed by atoms with Crippen molar-refractivity contribution in [2.24, 2.45) is 53.3 Å². The van der Waals surface area contributed by atoms with E-state index in [1.165, 1.54) is 6.42 Å². The van der Waals surface area contributed by atoms with Crippen molar-refractivity contribution >= 4 is 0 Å². The van der Waals surface area contributed by atoms with Gasteiger partial charge in [-0.25, -0.2) is 0 Å². The zero-order valence-electron chi connectivity index (χ0n) is 15.4. The van der Waals surface area contributed by atoms with Gasteiger partial charge < -0.3 is 9.84 Å². The average Bonchev–Trinajstić information content (AvgIpc) is 3.25. The van der Waals surface area contributed by atoms with Crippen molar-refractivity contribution in [3.63, 3.8) is 0 Å². The normalized spacial score (nSPS) is 46.3. The molecule has 0 radical (unpaired) electrons. The van der Waals surface area contributed by atoms with E-state index in [0.29, 0.717) is 41.4 Å². The van der Waals surface area contributed by atoms with Crippen molar-refractivity contribution in [2.75, 3.05) is 13.2 Å². The molecule has 4 rings (SSSR count). The van der Waals surface area contributed by atoms with Crippen LogP contribution in [0, 0.1) is 53.3 Å². The topological polar surface area (TPSA) is 29.5 Å². The van der Waals surface area contributed by atoms with Crippen molar-refractivity contribution in [3.05, 3.63) is 0 Å². The molecule has 2 nitrogen and oxygen atoms in total. The molecule has 0 amide bonds. The zero-order chi connectivity index (χ0) is 19.9. The lowest BCUT2D eigenvalue weighted by molar-refractivity contribution is -0.378. The first-order valence-electron chi connectivity index (χ1n) is 9.80. The molecule has 4 fully saturated rings. The summed E-state index contributed by atoms with van der Waals surface area (Å²) in [6, 6.07) is 0. The number of alkyl halides is 6. The van der Waals surface area contributed by atoms with Crippen LogP contribution >= 0.6 is 0 Å². The standard InChI is InChI=1S/C19H26F6O2/c1-8-9(2)13-5-12(8)15-10-3-11(14(4-10)16(13)15)6-27-7-17(26,18(20,21)22)19(23,24)25/h8-16,26H,3-7H2,1-2H3. The van der Waals surface area contributed by atoms with E-state index >= 15 is 0 Å². The molecule has 0 aromatic rings. The fourth-order valence-electron chi connectivity index (χ4n) is 7.24. The molecule has 0 heterocycles. The summed E-state index contributed by atoms with van der Waals surface area (Å²) in [5.74, 6) is 4.82. The Morgan fingerprint density at radius 1 is 0.815 bits per heavy atom. The van der Waals surface area contributed by atoms with Crippen LogP contribution in [0.4, 0.5) is 26.3 Å². The molecule has 156 valence electrons. The van der Waals surface area contributed by atoms with Crippen LogP contribution < -0.4 is 0 Å². The molecule has 4 aliphatic carbocycles. The highest BCUT2D eigenvalue weighted by atomic mass is 19.4. The highest BCUT2D eigenvalue weighted by Gasteiger charge is 2.71. The van der Waals surface area contributed by atoms with Crippen molar-refractivity contribution in [1.29, 1.82) is 0 Å². The first-order valence-corrected chi connectivity index (χ1v) is 9.80. The van der Waals surface area contributed by atoms with Crippen LogP contribution in [0.25, 0.3) is 0 Å². The monoisotopic (exact) mass is 400 g/mol. The van der Waals surface area contributed by atoms with E-state index in [9.17, 15) is 31.4 Å². The van der Waals surface area contributed by atoms with E-state index < -0.39 is 24.6 Å². The average molecular weight is 400 g/mol. The van der Waals surface area contributed by atoms with Crippen molar-refractivity contribution in [1.82, 2.24) is 0 Å². The van der Waals surface area contributed by atoms with Crippen LogP contribution in [0.2, 0.25) is 0 Å². The maximum absolute atomic E-state index is 12.8. The van der Waals surface area contributed by atoms with Crippen molar-refractivity contribution < 1.29 is 36.2 Å². The molecular formula is C19H26F6O2. The van der Waals surface area contributed by atoms with Gasteiger partial charge in [0.1, 0.15) is 0 Å². The van der Waals surface area contributed by atoms with E-state index in [2.05, 4.69) is 13.8 Å². The lowest BCUT2D eigenvalue weighted by atomic mass is 9.62. The highest BCUT2D eigenvalue weighted by Crippen LogP contribution is 2.71. The Kier molecular flexibility index (Phi) is 4.40. The van der Waals surface area contributed by atoms with Crippen LogP contribution in [0.15, 0.2) is 0 Å². The van der Waals surface area contributed by atoms with Gasteiger partial charge in [-0.1, -0.05) is 13.8 Å². The predicted molar refractivity (Wildman–Crippen MR) is 84.5 cm³/mol. The summed E-state index contributed by atoms with van der Waals surface area (Å²) < 4.78 is 81.4. The Hall–Kier alpha value is -0.500. The van der Waals surface area contributed by atoms with Gasteiger partial charge in [0.2, 0.25) is 0 Å². The Balaban J connectivity index is 1.39. The smallest absolute Gasteiger partial charge is 0.377 e.